The van der Waals surface area contributed by atoms with Crippen LogP contribution in [0.2, 0.25) is 0 Å². The van der Waals surface area contributed by atoms with Gasteiger partial charge in [0.05, 0.1) is 7.11 Å². The molecular formula is C17H26N2O2. The van der Waals surface area contributed by atoms with Gasteiger partial charge in [-0.2, -0.15) is 0 Å². The van der Waals surface area contributed by atoms with E-state index in [1.807, 2.05) is 30.0 Å². The van der Waals surface area contributed by atoms with Gasteiger partial charge in [0.2, 0.25) is 0 Å². The number of nitrogens with zero attached hydrogens (tertiary/aromatic N) is 1. The zero-order valence-electron chi connectivity index (χ0n) is 13.3. The number of hydrogen-bond donors (Lipinski definition) is 1. The predicted octanol–water partition coefficient (Wildman–Crippen LogP) is 2.47. The molecule has 1 aliphatic rings. The van der Waals surface area contributed by atoms with Crippen molar-refractivity contribution >= 4 is 5.91 Å². The first-order valence-corrected chi connectivity index (χ1v) is 7.80. The Labute approximate surface area is 127 Å². The molecule has 0 bridgehead atoms. The number of rotatable bonds is 5. The lowest BCUT2D eigenvalue weighted by Crippen LogP contribution is -2.40. The second kappa shape index (κ2) is 7.46. The molecular weight excluding hydrogens is 264 g/mol. The summed E-state index contributed by atoms with van der Waals surface area (Å²) in [5.41, 5.74) is 1.78. The summed E-state index contributed by atoms with van der Waals surface area (Å²) >= 11 is 0. The Morgan fingerprint density at radius 2 is 2.10 bits per heavy atom. The highest BCUT2D eigenvalue weighted by molar-refractivity contribution is 5.94. The fourth-order valence-corrected chi connectivity index (χ4v) is 2.82. The van der Waals surface area contributed by atoms with Crippen LogP contribution < -0.4 is 10.1 Å². The van der Waals surface area contributed by atoms with Gasteiger partial charge in [-0.05, 0) is 56.5 Å². The molecule has 116 valence electrons. The Balaban J connectivity index is 1.95. The number of piperidine rings is 1. The Hall–Kier alpha value is -1.55. The van der Waals surface area contributed by atoms with Gasteiger partial charge in [-0.3, -0.25) is 4.79 Å². The summed E-state index contributed by atoms with van der Waals surface area (Å²) < 4.78 is 5.31. The van der Waals surface area contributed by atoms with E-state index in [9.17, 15) is 4.79 Å². The number of methoxy groups -OCH3 is 1. The van der Waals surface area contributed by atoms with Gasteiger partial charge in [0.25, 0.3) is 5.91 Å². The maximum Gasteiger partial charge on any atom is 0.253 e. The molecule has 1 aliphatic heterocycles. The van der Waals surface area contributed by atoms with Crippen LogP contribution in [0.3, 0.4) is 0 Å². The molecule has 1 aromatic carbocycles. The van der Waals surface area contributed by atoms with Crippen LogP contribution in [-0.4, -0.2) is 44.1 Å². The van der Waals surface area contributed by atoms with Gasteiger partial charge in [-0.15, -0.1) is 0 Å². The molecule has 1 amide bonds. The Morgan fingerprint density at radius 1 is 1.38 bits per heavy atom. The van der Waals surface area contributed by atoms with Crippen LogP contribution in [0.4, 0.5) is 0 Å². The minimum atomic E-state index is 0.121. The molecule has 4 heteroatoms. The zero-order valence-corrected chi connectivity index (χ0v) is 13.3. The third-order valence-corrected chi connectivity index (χ3v) is 4.24. The third-order valence-electron chi connectivity index (χ3n) is 4.24. The number of amides is 1. The highest BCUT2D eigenvalue weighted by atomic mass is 16.5. The fraction of sp³-hybridized carbons (Fsp3) is 0.588. The molecule has 21 heavy (non-hydrogen) atoms. The zero-order chi connectivity index (χ0) is 15.2. The van der Waals surface area contributed by atoms with E-state index in [2.05, 4.69) is 12.2 Å². The molecule has 0 spiro atoms. The minimum absolute atomic E-state index is 0.121. The SMILES string of the molecule is CCNCC1CCN(C(=O)c2ccc(C)c(OC)c2)CC1. The smallest absolute Gasteiger partial charge is 0.253 e. The average Bonchev–Trinajstić information content (AvgIpc) is 2.53. The quantitative estimate of drug-likeness (QED) is 0.906. The number of ether oxygens (including phenoxy) is 1. The van der Waals surface area contributed by atoms with Crippen LogP contribution in [0.25, 0.3) is 0 Å². The van der Waals surface area contributed by atoms with E-state index in [-0.39, 0.29) is 5.91 Å². The second-order valence-electron chi connectivity index (χ2n) is 5.73. The summed E-state index contributed by atoms with van der Waals surface area (Å²) in [6.45, 7) is 7.90. The standard InChI is InChI=1S/C17H26N2O2/c1-4-18-12-14-7-9-19(10-8-14)17(20)15-6-5-13(2)16(11-15)21-3/h5-6,11,14,18H,4,7-10,12H2,1-3H3. The van der Waals surface area contributed by atoms with Crippen molar-refractivity contribution in [3.63, 3.8) is 0 Å². The van der Waals surface area contributed by atoms with Crippen LogP contribution >= 0.6 is 0 Å². The number of nitrogens with one attached hydrogen (secondary N) is 1. The van der Waals surface area contributed by atoms with Gasteiger partial charge in [0.15, 0.2) is 0 Å². The first-order chi connectivity index (χ1) is 10.2. The topological polar surface area (TPSA) is 41.6 Å². The summed E-state index contributed by atoms with van der Waals surface area (Å²) in [7, 11) is 1.64. The number of benzene rings is 1. The maximum atomic E-state index is 12.6. The summed E-state index contributed by atoms with van der Waals surface area (Å²) in [6, 6.07) is 5.69. The van der Waals surface area contributed by atoms with E-state index in [1.165, 1.54) is 0 Å². The minimum Gasteiger partial charge on any atom is -0.496 e. The molecule has 1 aromatic rings. The summed E-state index contributed by atoms with van der Waals surface area (Å²) in [4.78, 5) is 14.5. The van der Waals surface area contributed by atoms with Crippen LogP contribution in [0.15, 0.2) is 18.2 Å². The van der Waals surface area contributed by atoms with Crippen molar-refractivity contribution in [2.24, 2.45) is 5.92 Å². The fourth-order valence-electron chi connectivity index (χ4n) is 2.82. The van der Waals surface area contributed by atoms with Crippen molar-refractivity contribution < 1.29 is 9.53 Å². The van der Waals surface area contributed by atoms with Gasteiger partial charge in [0, 0.05) is 18.7 Å². The van der Waals surface area contributed by atoms with Gasteiger partial charge in [-0.1, -0.05) is 13.0 Å². The van der Waals surface area contributed by atoms with Crippen molar-refractivity contribution in [2.45, 2.75) is 26.7 Å². The molecule has 0 saturated carbocycles. The molecule has 1 fully saturated rings. The first-order valence-electron chi connectivity index (χ1n) is 7.80. The van der Waals surface area contributed by atoms with Crippen molar-refractivity contribution in [2.75, 3.05) is 33.3 Å². The molecule has 1 heterocycles. The number of hydrogen-bond acceptors (Lipinski definition) is 3. The Bertz CT molecular complexity index is 480. The number of carbonyl (C=O) groups is 1. The summed E-state index contributed by atoms with van der Waals surface area (Å²) in [5, 5.41) is 3.40. The third kappa shape index (κ3) is 3.97. The van der Waals surface area contributed by atoms with E-state index in [4.69, 9.17) is 4.74 Å². The highest BCUT2D eigenvalue weighted by Gasteiger charge is 2.23. The summed E-state index contributed by atoms with van der Waals surface area (Å²) in [5.74, 6) is 1.60. The highest BCUT2D eigenvalue weighted by Crippen LogP contribution is 2.22. The molecule has 0 unspecified atom stereocenters. The van der Waals surface area contributed by atoms with Gasteiger partial charge in [-0.25, -0.2) is 0 Å². The van der Waals surface area contributed by atoms with E-state index in [1.54, 1.807) is 7.11 Å². The molecule has 1 N–H and O–H groups in total. The van der Waals surface area contributed by atoms with Gasteiger partial charge < -0.3 is 15.0 Å². The largest absolute Gasteiger partial charge is 0.496 e. The van der Waals surface area contributed by atoms with E-state index >= 15 is 0 Å². The summed E-state index contributed by atoms with van der Waals surface area (Å²) in [6.07, 6.45) is 2.17. The number of likely N-dealkylation sites (tertiary alicyclic amines) is 1. The molecule has 2 rings (SSSR count). The van der Waals surface area contributed by atoms with Crippen molar-refractivity contribution in [3.8, 4) is 5.75 Å². The monoisotopic (exact) mass is 290 g/mol. The van der Waals surface area contributed by atoms with Crippen LogP contribution in [0.5, 0.6) is 5.75 Å². The lowest BCUT2D eigenvalue weighted by atomic mass is 9.96. The molecule has 0 aromatic heterocycles. The van der Waals surface area contributed by atoms with E-state index in [0.29, 0.717) is 5.92 Å². The molecule has 4 nitrogen and oxygen atoms in total. The Kier molecular flexibility index (Phi) is 5.62. The van der Waals surface area contributed by atoms with Crippen LogP contribution in [0, 0.1) is 12.8 Å². The molecule has 0 aliphatic carbocycles. The first kappa shape index (κ1) is 15.8. The second-order valence-corrected chi connectivity index (χ2v) is 5.73. The van der Waals surface area contributed by atoms with Gasteiger partial charge in [0.1, 0.15) is 5.75 Å². The number of aryl methyl sites for hydroxylation is 1. The van der Waals surface area contributed by atoms with Crippen LogP contribution in [0.1, 0.15) is 35.7 Å². The van der Waals surface area contributed by atoms with Crippen LogP contribution in [-0.2, 0) is 0 Å². The lowest BCUT2D eigenvalue weighted by Gasteiger charge is -2.32. The Morgan fingerprint density at radius 3 is 2.71 bits per heavy atom. The van der Waals surface area contributed by atoms with E-state index < -0.39 is 0 Å². The van der Waals surface area contributed by atoms with Crippen molar-refractivity contribution in [3.05, 3.63) is 29.3 Å². The lowest BCUT2D eigenvalue weighted by molar-refractivity contribution is 0.0690. The number of carbonyl (C=O) groups excluding carboxylic acids is 1. The predicted molar refractivity (Wildman–Crippen MR) is 84.9 cm³/mol. The van der Waals surface area contributed by atoms with Crippen molar-refractivity contribution in [1.29, 1.82) is 0 Å². The normalized spacial score (nSPS) is 16.0. The molecule has 0 radical (unpaired) electrons. The maximum absolute atomic E-state index is 12.6. The van der Waals surface area contributed by atoms with E-state index in [0.717, 1.165) is 55.9 Å². The molecule has 0 atom stereocenters. The van der Waals surface area contributed by atoms with Gasteiger partial charge >= 0.3 is 0 Å². The average molecular weight is 290 g/mol. The van der Waals surface area contributed by atoms with Crippen molar-refractivity contribution in [1.82, 2.24) is 10.2 Å². The molecule has 1 saturated heterocycles.